The molecule has 0 radical (unpaired) electrons. The summed E-state index contributed by atoms with van der Waals surface area (Å²) in [7, 11) is -3.65. The molecular formula is C19H26N2O4S2. The first kappa shape index (κ1) is 20.2. The van der Waals surface area contributed by atoms with Crippen molar-refractivity contribution < 1.29 is 18.0 Å². The second-order valence-electron chi connectivity index (χ2n) is 7.43. The second-order valence-corrected chi connectivity index (χ2v) is 10.9. The number of nitrogens with zero attached hydrogens (tertiary/aromatic N) is 1. The van der Waals surface area contributed by atoms with E-state index in [4.69, 9.17) is 0 Å². The zero-order valence-electron chi connectivity index (χ0n) is 15.7. The van der Waals surface area contributed by atoms with E-state index >= 15 is 0 Å². The number of benzene rings is 1. The summed E-state index contributed by atoms with van der Waals surface area (Å²) < 4.78 is 25.9. The lowest BCUT2D eigenvalue weighted by molar-refractivity contribution is -0.132. The Morgan fingerprint density at radius 1 is 1.33 bits per heavy atom. The van der Waals surface area contributed by atoms with Crippen molar-refractivity contribution in [1.29, 1.82) is 0 Å². The Morgan fingerprint density at radius 2 is 2.04 bits per heavy atom. The number of nitrogens with one attached hydrogen (secondary N) is 1. The predicted molar refractivity (Wildman–Crippen MR) is 107 cm³/mol. The summed E-state index contributed by atoms with van der Waals surface area (Å²) >= 11 is 1.53. The van der Waals surface area contributed by atoms with Crippen LogP contribution in [-0.4, -0.2) is 49.2 Å². The van der Waals surface area contributed by atoms with E-state index in [1.807, 2.05) is 0 Å². The number of thioether (sulfide) groups is 1. The van der Waals surface area contributed by atoms with Gasteiger partial charge in [0, 0.05) is 36.6 Å². The Hall–Kier alpha value is -1.54. The van der Waals surface area contributed by atoms with Crippen molar-refractivity contribution in [2.45, 2.75) is 54.6 Å². The van der Waals surface area contributed by atoms with Gasteiger partial charge in [-0.05, 0) is 43.9 Å². The van der Waals surface area contributed by atoms with E-state index in [1.165, 1.54) is 17.8 Å². The number of rotatable bonds is 4. The lowest BCUT2D eigenvalue weighted by atomic mass is 9.99. The van der Waals surface area contributed by atoms with Crippen LogP contribution in [0.2, 0.25) is 0 Å². The van der Waals surface area contributed by atoms with Crippen LogP contribution in [0, 0.1) is 5.92 Å². The first-order valence-corrected chi connectivity index (χ1v) is 11.9. The van der Waals surface area contributed by atoms with Gasteiger partial charge in [0.25, 0.3) is 0 Å². The number of hydrogen-bond acceptors (Lipinski definition) is 5. The lowest BCUT2D eigenvalue weighted by Gasteiger charge is -2.31. The SMILES string of the molecule is CC1CCN(C(=O)C[C@@H](C)S(=O)(=O)c2ccc3c(c2)NC(=O)CCS3)CC1. The van der Waals surface area contributed by atoms with Gasteiger partial charge in [-0.2, -0.15) is 0 Å². The minimum atomic E-state index is -3.65. The minimum absolute atomic E-state index is 0.0189. The number of likely N-dealkylation sites (tertiary alicyclic amines) is 1. The first-order chi connectivity index (χ1) is 12.8. The van der Waals surface area contributed by atoms with Crippen molar-refractivity contribution in [3.8, 4) is 0 Å². The molecule has 1 saturated heterocycles. The smallest absolute Gasteiger partial charge is 0.225 e. The van der Waals surface area contributed by atoms with Crippen LogP contribution >= 0.6 is 11.8 Å². The van der Waals surface area contributed by atoms with E-state index in [2.05, 4.69) is 12.2 Å². The molecule has 1 fully saturated rings. The van der Waals surface area contributed by atoms with Crippen molar-refractivity contribution in [2.75, 3.05) is 24.2 Å². The van der Waals surface area contributed by atoms with Gasteiger partial charge in [0.2, 0.25) is 11.8 Å². The highest BCUT2D eigenvalue weighted by molar-refractivity contribution is 7.99. The summed E-state index contributed by atoms with van der Waals surface area (Å²) in [5, 5.41) is 1.96. The summed E-state index contributed by atoms with van der Waals surface area (Å²) in [5.41, 5.74) is 0.534. The molecule has 0 aromatic heterocycles. The fourth-order valence-electron chi connectivity index (χ4n) is 3.35. The topological polar surface area (TPSA) is 83.6 Å². The summed E-state index contributed by atoms with van der Waals surface area (Å²) in [6.07, 6.45) is 2.32. The van der Waals surface area contributed by atoms with E-state index in [-0.39, 0.29) is 23.1 Å². The van der Waals surface area contributed by atoms with Crippen molar-refractivity contribution in [2.24, 2.45) is 5.92 Å². The highest BCUT2D eigenvalue weighted by atomic mass is 32.2. The second kappa shape index (κ2) is 8.22. The Morgan fingerprint density at radius 3 is 2.74 bits per heavy atom. The van der Waals surface area contributed by atoms with E-state index in [1.54, 1.807) is 24.0 Å². The molecule has 0 saturated carbocycles. The molecule has 2 amide bonds. The fourth-order valence-corrected chi connectivity index (χ4v) is 5.65. The molecule has 0 aliphatic carbocycles. The van der Waals surface area contributed by atoms with Gasteiger partial charge >= 0.3 is 0 Å². The van der Waals surface area contributed by atoms with Crippen LogP contribution in [0.3, 0.4) is 0 Å². The molecule has 148 valence electrons. The van der Waals surface area contributed by atoms with Crippen molar-refractivity contribution in [1.82, 2.24) is 4.90 Å². The Balaban J connectivity index is 1.73. The first-order valence-electron chi connectivity index (χ1n) is 9.35. The van der Waals surface area contributed by atoms with Gasteiger partial charge in [-0.1, -0.05) is 6.92 Å². The number of carbonyl (C=O) groups is 2. The molecule has 27 heavy (non-hydrogen) atoms. The van der Waals surface area contributed by atoms with Gasteiger partial charge in [-0.25, -0.2) is 8.42 Å². The van der Waals surface area contributed by atoms with Crippen LogP contribution < -0.4 is 5.32 Å². The number of fused-ring (bicyclic) bond motifs is 1. The molecule has 0 spiro atoms. The van der Waals surface area contributed by atoms with Gasteiger partial charge < -0.3 is 10.2 Å². The van der Waals surface area contributed by atoms with Crippen LogP contribution in [0.1, 0.15) is 39.5 Å². The molecule has 8 heteroatoms. The summed E-state index contributed by atoms with van der Waals surface area (Å²) in [5.74, 6) is 1.07. The van der Waals surface area contributed by atoms with Gasteiger partial charge in [0.15, 0.2) is 9.84 Å². The largest absolute Gasteiger partial charge is 0.343 e. The van der Waals surface area contributed by atoms with Crippen LogP contribution in [-0.2, 0) is 19.4 Å². The minimum Gasteiger partial charge on any atom is -0.343 e. The Kier molecular flexibility index (Phi) is 6.15. The number of carbonyl (C=O) groups excluding carboxylic acids is 2. The maximum Gasteiger partial charge on any atom is 0.225 e. The highest BCUT2D eigenvalue weighted by Gasteiger charge is 2.29. The van der Waals surface area contributed by atoms with E-state index < -0.39 is 15.1 Å². The average Bonchev–Trinajstić information content (AvgIpc) is 2.81. The van der Waals surface area contributed by atoms with Gasteiger partial charge in [-0.15, -0.1) is 11.8 Å². The third kappa shape index (κ3) is 4.66. The van der Waals surface area contributed by atoms with E-state index in [0.717, 1.165) is 17.7 Å². The third-order valence-corrected chi connectivity index (χ3v) is 8.48. The zero-order valence-corrected chi connectivity index (χ0v) is 17.4. The maximum absolute atomic E-state index is 13.0. The number of piperidine rings is 1. The fraction of sp³-hybridized carbons (Fsp3) is 0.579. The molecule has 0 unspecified atom stereocenters. The van der Waals surface area contributed by atoms with Gasteiger partial charge in [-0.3, -0.25) is 9.59 Å². The summed E-state index contributed by atoms with van der Waals surface area (Å²) in [4.78, 5) is 27.1. The van der Waals surface area contributed by atoms with Crippen molar-refractivity contribution >= 4 is 39.1 Å². The Labute approximate surface area is 165 Å². The van der Waals surface area contributed by atoms with E-state index in [9.17, 15) is 18.0 Å². The van der Waals surface area contributed by atoms with Gasteiger partial charge in [0.1, 0.15) is 0 Å². The molecule has 2 aliphatic heterocycles. The predicted octanol–water partition coefficient (Wildman–Crippen LogP) is 2.93. The summed E-state index contributed by atoms with van der Waals surface area (Å²) in [6.45, 7) is 5.16. The molecule has 1 aromatic rings. The monoisotopic (exact) mass is 410 g/mol. The number of amides is 2. The standard InChI is InChI=1S/C19H26N2O4S2/c1-13-5-8-21(9-6-13)19(23)11-14(2)27(24,25)15-3-4-17-16(12-15)20-18(22)7-10-26-17/h3-4,12-14H,5-11H2,1-2H3,(H,20,22)/t14-/m1/s1. The molecule has 2 heterocycles. The molecule has 0 bridgehead atoms. The lowest BCUT2D eigenvalue weighted by Crippen LogP contribution is -2.40. The van der Waals surface area contributed by atoms with Crippen LogP contribution in [0.15, 0.2) is 28.0 Å². The van der Waals surface area contributed by atoms with Crippen LogP contribution in [0.5, 0.6) is 0 Å². The molecule has 3 rings (SSSR count). The number of anilines is 1. The van der Waals surface area contributed by atoms with Gasteiger partial charge in [0.05, 0.1) is 15.8 Å². The van der Waals surface area contributed by atoms with Crippen molar-refractivity contribution in [3.05, 3.63) is 18.2 Å². The molecule has 1 atom stereocenters. The number of sulfone groups is 1. The van der Waals surface area contributed by atoms with Crippen LogP contribution in [0.25, 0.3) is 0 Å². The normalized spacial score (nSPS) is 19.8. The highest BCUT2D eigenvalue weighted by Crippen LogP contribution is 2.33. The molecule has 2 aliphatic rings. The molecule has 1 N–H and O–H groups in total. The summed E-state index contributed by atoms with van der Waals surface area (Å²) in [6, 6.07) is 4.83. The molecule has 6 nitrogen and oxygen atoms in total. The van der Waals surface area contributed by atoms with Crippen LogP contribution in [0.4, 0.5) is 5.69 Å². The maximum atomic E-state index is 13.0. The quantitative estimate of drug-likeness (QED) is 0.825. The third-order valence-electron chi connectivity index (χ3n) is 5.27. The number of hydrogen-bond donors (Lipinski definition) is 1. The molecular weight excluding hydrogens is 384 g/mol. The Bertz CT molecular complexity index is 830. The zero-order chi connectivity index (χ0) is 19.6. The average molecular weight is 411 g/mol. The van der Waals surface area contributed by atoms with E-state index in [0.29, 0.717) is 36.9 Å². The van der Waals surface area contributed by atoms with Crippen molar-refractivity contribution in [3.63, 3.8) is 0 Å². The molecule has 1 aromatic carbocycles.